The van der Waals surface area contributed by atoms with Gasteiger partial charge in [-0.2, -0.15) is 0 Å². The number of alkyl halides is 2. The first-order chi connectivity index (χ1) is 9.00. The zero-order chi connectivity index (χ0) is 14.3. The first-order valence-electron chi connectivity index (χ1n) is 6.44. The molecule has 0 aliphatic heterocycles. The molecule has 0 unspecified atom stereocenters. The quantitative estimate of drug-likeness (QED) is 0.547. The number of carbonyl (C=O) groups excluding carboxylic acids is 1. The molecule has 1 aliphatic rings. The normalized spacial score (nSPS) is 15.9. The van der Waals surface area contributed by atoms with E-state index in [9.17, 15) is 13.6 Å². The molecule has 0 atom stereocenters. The molecule has 4 nitrogen and oxygen atoms in total. The largest absolute Gasteiger partial charge is 0.392 e. The lowest BCUT2D eigenvalue weighted by Gasteiger charge is -2.28. The van der Waals surface area contributed by atoms with Crippen LogP contribution < -0.4 is 5.73 Å². The summed E-state index contributed by atoms with van der Waals surface area (Å²) in [5.41, 5.74) is 5.50. The first kappa shape index (κ1) is 16.2. The van der Waals surface area contributed by atoms with Crippen molar-refractivity contribution in [1.29, 1.82) is 0 Å². The van der Waals surface area contributed by atoms with E-state index in [2.05, 4.69) is 0 Å². The molecule has 1 fully saturated rings. The summed E-state index contributed by atoms with van der Waals surface area (Å²) in [6, 6.07) is 0.170. The number of nitrogens with two attached hydrogens (primary N) is 1. The van der Waals surface area contributed by atoms with Crippen molar-refractivity contribution >= 4 is 23.1 Å². The Kier molecular flexibility index (Phi) is 7.15. The van der Waals surface area contributed by atoms with Crippen molar-refractivity contribution < 1.29 is 18.3 Å². The standard InChI is InChI=1S/C12H20F2N2O2S/c13-10(14)8-18-6-5-12(17)16(7-11(15)19)9-3-1-2-4-9/h9-10H,1-8H2,(H2,15,19). The van der Waals surface area contributed by atoms with Crippen molar-refractivity contribution in [2.45, 2.75) is 44.6 Å². The van der Waals surface area contributed by atoms with Crippen molar-refractivity contribution in [1.82, 2.24) is 4.90 Å². The fourth-order valence-electron chi connectivity index (χ4n) is 2.28. The Bertz CT molecular complexity index is 310. The van der Waals surface area contributed by atoms with E-state index in [1.165, 1.54) is 0 Å². The highest BCUT2D eigenvalue weighted by Gasteiger charge is 2.26. The Morgan fingerprint density at radius 3 is 2.58 bits per heavy atom. The molecule has 0 aromatic rings. The van der Waals surface area contributed by atoms with Crippen LogP contribution in [0.15, 0.2) is 0 Å². The highest BCUT2D eigenvalue weighted by atomic mass is 32.1. The molecule has 0 radical (unpaired) electrons. The molecule has 110 valence electrons. The third kappa shape index (κ3) is 6.24. The molecule has 0 saturated heterocycles. The fourth-order valence-corrected chi connectivity index (χ4v) is 2.42. The highest BCUT2D eigenvalue weighted by molar-refractivity contribution is 7.80. The lowest BCUT2D eigenvalue weighted by atomic mass is 10.2. The van der Waals surface area contributed by atoms with Crippen LogP contribution in [-0.4, -0.2) is 48.0 Å². The van der Waals surface area contributed by atoms with Crippen LogP contribution >= 0.6 is 12.2 Å². The number of thiocarbonyl (C=S) groups is 1. The summed E-state index contributed by atoms with van der Waals surface area (Å²) >= 11 is 4.85. The summed E-state index contributed by atoms with van der Waals surface area (Å²) in [7, 11) is 0. The molecule has 1 rings (SSSR count). The van der Waals surface area contributed by atoms with Crippen LogP contribution in [0.2, 0.25) is 0 Å². The van der Waals surface area contributed by atoms with Gasteiger partial charge in [0, 0.05) is 6.04 Å². The van der Waals surface area contributed by atoms with E-state index in [0.717, 1.165) is 25.7 Å². The molecule has 0 bridgehead atoms. The van der Waals surface area contributed by atoms with Gasteiger partial charge in [-0.05, 0) is 12.8 Å². The Labute approximate surface area is 117 Å². The summed E-state index contributed by atoms with van der Waals surface area (Å²) in [6.07, 6.45) is 1.67. The van der Waals surface area contributed by atoms with Gasteiger partial charge >= 0.3 is 0 Å². The molecule has 0 heterocycles. The molecule has 1 amide bonds. The molecule has 0 aromatic heterocycles. The monoisotopic (exact) mass is 294 g/mol. The van der Waals surface area contributed by atoms with E-state index in [-0.39, 0.29) is 36.5 Å². The number of ether oxygens (including phenoxy) is 1. The maximum absolute atomic E-state index is 12.1. The molecule has 0 aromatic carbocycles. The second-order valence-electron chi connectivity index (χ2n) is 4.64. The maximum atomic E-state index is 12.1. The lowest BCUT2D eigenvalue weighted by Crippen LogP contribution is -2.44. The van der Waals surface area contributed by atoms with Gasteiger partial charge in [0.1, 0.15) is 6.61 Å². The average molecular weight is 294 g/mol. The molecular formula is C12H20F2N2O2S. The van der Waals surface area contributed by atoms with E-state index >= 15 is 0 Å². The van der Waals surface area contributed by atoms with Crippen LogP contribution in [-0.2, 0) is 9.53 Å². The smallest absolute Gasteiger partial charge is 0.261 e. The molecule has 7 heteroatoms. The van der Waals surface area contributed by atoms with E-state index in [0.29, 0.717) is 0 Å². The van der Waals surface area contributed by atoms with Gasteiger partial charge < -0.3 is 15.4 Å². The van der Waals surface area contributed by atoms with Crippen molar-refractivity contribution in [2.75, 3.05) is 19.8 Å². The second kappa shape index (κ2) is 8.37. The molecule has 2 N–H and O–H groups in total. The number of rotatable bonds is 8. The number of halogens is 2. The predicted molar refractivity (Wildman–Crippen MR) is 72.2 cm³/mol. The van der Waals surface area contributed by atoms with Gasteiger partial charge in [0.15, 0.2) is 0 Å². The van der Waals surface area contributed by atoms with Gasteiger partial charge in [0.05, 0.1) is 24.6 Å². The van der Waals surface area contributed by atoms with Gasteiger partial charge in [-0.3, -0.25) is 4.79 Å². The summed E-state index contributed by atoms with van der Waals surface area (Å²) < 4.78 is 28.5. The Balaban J connectivity index is 2.40. The van der Waals surface area contributed by atoms with Crippen LogP contribution in [0.25, 0.3) is 0 Å². The van der Waals surface area contributed by atoms with Crippen molar-refractivity contribution in [3.63, 3.8) is 0 Å². The summed E-state index contributed by atoms with van der Waals surface area (Å²) in [4.78, 5) is 14.0. The van der Waals surface area contributed by atoms with Crippen molar-refractivity contribution in [2.24, 2.45) is 5.73 Å². The highest BCUT2D eigenvalue weighted by Crippen LogP contribution is 2.23. The maximum Gasteiger partial charge on any atom is 0.261 e. The topological polar surface area (TPSA) is 55.6 Å². The second-order valence-corrected chi connectivity index (χ2v) is 5.17. The van der Waals surface area contributed by atoms with Gasteiger partial charge in [-0.15, -0.1) is 0 Å². The molecule has 19 heavy (non-hydrogen) atoms. The minimum atomic E-state index is -2.50. The van der Waals surface area contributed by atoms with Gasteiger partial charge in [-0.25, -0.2) is 8.78 Å². The van der Waals surface area contributed by atoms with E-state index in [1.807, 2.05) is 0 Å². The number of nitrogens with zero attached hydrogens (tertiary/aromatic N) is 1. The summed E-state index contributed by atoms with van der Waals surface area (Å²) in [5.74, 6) is -0.131. The first-order valence-corrected chi connectivity index (χ1v) is 6.85. The Hall–Kier alpha value is -0.820. The zero-order valence-corrected chi connectivity index (χ0v) is 11.6. The Morgan fingerprint density at radius 1 is 1.42 bits per heavy atom. The van der Waals surface area contributed by atoms with Gasteiger partial charge in [-0.1, -0.05) is 25.1 Å². The van der Waals surface area contributed by atoms with Crippen LogP contribution in [0.4, 0.5) is 8.78 Å². The Morgan fingerprint density at radius 2 is 2.05 bits per heavy atom. The number of amides is 1. The number of hydrogen-bond donors (Lipinski definition) is 1. The summed E-state index contributed by atoms with van der Waals surface area (Å²) in [6.45, 7) is -0.372. The molecular weight excluding hydrogens is 274 g/mol. The van der Waals surface area contributed by atoms with E-state index in [1.54, 1.807) is 4.90 Å². The van der Waals surface area contributed by atoms with Crippen molar-refractivity contribution in [3.8, 4) is 0 Å². The third-order valence-electron chi connectivity index (χ3n) is 3.12. The minimum absolute atomic E-state index is 0.00370. The van der Waals surface area contributed by atoms with Crippen LogP contribution in [0.1, 0.15) is 32.1 Å². The number of carbonyl (C=O) groups is 1. The fraction of sp³-hybridized carbons (Fsp3) is 0.833. The third-order valence-corrected chi connectivity index (χ3v) is 3.25. The summed E-state index contributed by atoms with van der Waals surface area (Å²) in [5, 5.41) is 0. The van der Waals surface area contributed by atoms with Crippen LogP contribution in [0, 0.1) is 0 Å². The molecule has 1 saturated carbocycles. The van der Waals surface area contributed by atoms with Crippen molar-refractivity contribution in [3.05, 3.63) is 0 Å². The minimum Gasteiger partial charge on any atom is -0.392 e. The van der Waals surface area contributed by atoms with Crippen LogP contribution in [0.5, 0.6) is 0 Å². The van der Waals surface area contributed by atoms with E-state index < -0.39 is 13.0 Å². The lowest BCUT2D eigenvalue weighted by molar-refractivity contribution is -0.134. The van der Waals surface area contributed by atoms with Gasteiger partial charge in [0.25, 0.3) is 6.43 Å². The molecule has 1 aliphatic carbocycles. The van der Waals surface area contributed by atoms with E-state index in [4.69, 9.17) is 22.7 Å². The predicted octanol–water partition coefficient (Wildman–Crippen LogP) is 1.72. The molecule has 0 spiro atoms. The number of hydrogen-bond acceptors (Lipinski definition) is 3. The van der Waals surface area contributed by atoms with Gasteiger partial charge in [0.2, 0.25) is 5.91 Å². The average Bonchev–Trinajstić information content (AvgIpc) is 2.84. The van der Waals surface area contributed by atoms with Crippen LogP contribution in [0.3, 0.4) is 0 Å². The SMILES string of the molecule is NC(=S)CN(C(=O)CCOCC(F)F)C1CCCC1. The zero-order valence-electron chi connectivity index (χ0n) is 10.8.